The summed E-state index contributed by atoms with van der Waals surface area (Å²) in [5, 5.41) is 10.6. The minimum atomic E-state index is -0.00438. The minimum absolute atomic E-state index is 0.00438. The van der Waals surface area contributed by atoms with Crippen molar-refractivity contribution in [3.63, 3.8) is 0 Å². The lowest BCUT2D eigenvalue weighted by molar-refractivity contribution is -0.117. The molecule has 3 N–H and O–H groups in total. The van der Waals surface area contributed by atoms with Crippen LogP contribution in [0.2, 0.25) is 0 Å². The Labute approximate surface area is 178 Å². The van der Waals surface area contributed by atoms with Gasteiger partial charge in [0.05, 0.1) is 18.5 Å². The van der Waals surface area contributed by atoms with Crippen molar-refractivity contribution in [3.8, 4) is 11.4 Å². The number of carbonyl (C=O) groups is 1. The number of carbonyl (C=O) groups excluding carboxylic acids is 1. The molecule has 3 heterocycles. The number of nitrogens with one attached hydrogen (secondary N) is 3. The molecular formula is C21H22N8O2. The second-order valence-electron chi connectivity index (χ2n) is 7.54. The standard InChI is InChI=1S/C21H22N8O2/c1-11-24-18-15(9-17(27-20(18)25-11)28-21(30)13-7-8-13)26-14-5-4-6-16(19(14)31-3)29-12(2)22-10-23-29/h4-6,9-10,13H,7-8H2,1-3H3,(H3,24,25,26,27,28,30). The molecule has 5 rings (SSSR count). The third-order valence-electron chi connectivity index (χ3n) is 5.19. The molecule has 1 saturated carbocycles. The average Bonchev–Trinajstić information content (AvgIpc) is 3.41. The normalized spacial score (nSPS) is 13.4. The summed E-state index contributed by atoms with van der Waals surface area (Å²) in [6.07, 6.45) is 3.35. The van der Waals surface area contributed by atoms with Gasteiger partial charge in [0, 0.05) is 12.0 Å². The molecule has 1 aromatic carbocycles. The molecular weight excluding hydrogens is 396 g/mol. The lowest BCUT2D eigenvalue weighted by atomic mass is 10.2. The van der Waals surface area contributed by atoms with E-state index in [9.17, 15) is 4.79 Å². The zero-order valence-corrected chi connectivity index (χ0v) is 17.4. The van der Waals surface area contributed by atoms with Crippen LogP contribution in [-0.4, -0.2) is 42.7 Å². The number of imidazole rings is 1. The highest BCUT2D eigenvalue weighted by Gasteiger charge is 2.30. The molecule has 3 aromatic heterocycles. The van der Waals surface area contributed by atoms with Crippen molar-refractivity contribution in [1.82, 2.24) is 29.7 Å². The molecule has 0 saturated heterocycles. The number of amides is 1. The van der Waals surface area contributed by atoms with Crippen LogP contribution in [0.1, 0.15) is 24.5 Å². The van der Waals surface area contributed by atoms with Gasteiger partial charge in [0.15, 0.2) is 11.4 Å². The van der Waals surface area contributed by atoms with Crippen LogP contribution in [0.5, 0.6) is 5.75 Å². The van der Waals surface area contributed by atoms with Crippen LogP contribution in [-0.2, 0) is 4.79 Å². The van der Waals surface area contributed by atoms with Gasteiger partial charge in [0.1, 0.15) is 35.0 Å². The van der Waals surface area contributed by atoms with Gasteiger partial charge in [0.2, 0.25) is 5.91 Å². The smallest absolute Gasteiger partial charge is 0.228 e. The molecule has 1 aliphatic carbocycles. The van der Waals surface area contributed by atoms with Crippen molar-refractivity contribution >= 4 is 34.3 Å². The van der Waals surface area contributed by atoms with E-state index in [1.165, 1.54) is 6.33 Å². The molecule has 10 nitrogen and oxygen atoms in total. The summed E-state index contributed by atoms with van der Waals surface area (Å²) >= 11 is 0. The average molecular weight is 418 g/mol. The van der Waals surface area contributed by atoms with Crippen molar-refractivity contribution in [3.05, 3.63) is 42.2 Å². The predicted molar refractivity (Wildman–Crippen MR) is 116 cm³/mol. The van der Waals surface area contributed by atoms with E-state index in [0.29, 0.717) is 28.4 Å². The van der Waals surface area contributed by atoms with Crippen LogP contribution >= 0.6 is 0 Å². The number of hydrogen-bond acceptors (Lipinski definition) is 7. The van der Waals surface area contributed by atoms with E-state index in [0.717, 1.165) is 35.9 Å². The van der Waals surface area contributed by atoms with Crippen LogP contribution in [0, 0.1) is 19.8 Å². The third-order valence-corrected chi connectivity index (χ3v) is 5.19. The summed E-state index contributed by atoms with van der Waals surface area (Å²) in [5.41, 5.74) is 3.45. The van der Waals surface area contributed by atoms with Crippen LogP contribution in [0.4, 0.5) is 17.2 Å². The van der Waals surface area contributed by atoms with Crippen molar-refractivity contribution in [2.24, 2.45) is 5.92 Å². The van der Waals surface area contributed by atoms with Gasteiger partial charge in [-0.25, -0.2) is 19.6 Å². The quantitative estimate of drug-likeness (QED) is 0.439. The monoisotopic (exact) mass is 418 g/mol. The molecule has 0 spiro atoms. The van der Waals surface area contributed by atoms with E-state index in [1.807, 2.05) is 32.0 Å². The molecule has 1 amide bonds. The highest BCUT2D eigenvalue weighted by Crippen LogP contribution is 2.36. The maximum atomic E-state index is 12.3. The van der Waals surface area contributed by atoms with Crippen molar-refractivity contribution in [2.45, 2.75) is 26.7 Å². The van der Waals surface area contributed by atoms with Gasteiger partial charge < -0.3 is 20.4 Å². The Hall–Kier alpha value is -3.95. The topological polar surface area (TPSA) is 123 Å². The first-order chi connectivity index (χ1) is 15.0. The zero-order chi connectivity index (χ0) is 21.5. The van der Waals surface area contributed by atoms with E-state index >= 15 is 0 Å². The van der Waals surface area contributed by atoms with E-state index < -0.39 is 0 Å². The Balaban J connectivity index is 1.57. The molecule has 4 aromatic rings. The lowest BCUT2D eigenvalue weighted by Gasteiger charge is -2.16. The molecule has 1 fully saturated rings. The number of aryl methyl sites for hydroxylation is 2. The number of pyridine rings is 1. The van der Waals surface area contributed by atoms with Crippen LogP contribution in [0.15, 0.2) is 30.6 Å². The van der Waals surface area contributed by atoms with Gasteiger partial charge in [0.25, 0.3) is 0 Å². The summed E-state index contributed by atoms with van der Waals surface area (Å²) in [6, 6.07) is 7.51. The number of methoxy groups -OCH3 is 1. The van der Waals surface area contributed by atoms with E-state index in [2.05, 4.69) is 35.7 Å². The van der Waals surface area contributed by atoms with Gasteiger partial charge in [-0.2, -0.15) is 5.10 Å². The number of H-pyrrole nitrogens is 1. The number of para-hydroxylation sites is 1. The largest absolute Gasteiger partial charge is 0.492 e. The molecule has 1 aliphatic rings. The van der Waals surface area contributed by atoms with Crippen LogP contribution in [0.3, 0.4) is 0 Å². The summed E-state index contributed by atoms with van der Waals surface area (Å²) in [5.74, 6) is 2.63. The Kier molecular flexibility index (Phi) is 4.54. The van der Waals surface area contributed by atoms with Crippen molar-refractivity contribution in [2.75, 3.05) is 17.7 Å². The Morgan fingerprint density at radius 3 is 2.77 bits per heavy atom. The minimum Gasteiger partial charge on any atom is -0.492 e. The lowest BCUT2D eigenvalue weighted by Crippen LogP contribution is -2.14. The first-order valence-electron chi connectivity index (χ1n) is 10.0. The van der Waals surface area contributed by atoms with Gasteiger partial charge in [-0.05, 0) is 38.8 Å². The molecule has 0 unspecified atom stereocenters. The highest BCUT2D eigenvalue weighted by atomic mass is 16.5. The highest BCUT2D eigenvalue weighted by molar-refractivity contribution is 5.97. The number of benzene rings is 1. The van der Waals surface area contributed by atoms with E-state index in [4.69, 9.17) is 4.74 Å². The number of ether oxygens (including phenoxy) is 1. The van der Waals surface area contributed by atoms with Gasteiger partial charge in [-0.1, -0.05) is 6.07 Å². The first-order valence-corrected chi connectivity index (χ1v) is 10.0. The summed E-state index contributed by atoms with van der Waals surface area (Å²) in [6.45, 7) is 3.74. The molecule has 0 atom stereocenters. The molecule has 0 radical (unpaired) electrons. The molecule has 31 heavy (non-hydrogen) atoms. The number of aromatic amines is 1. The molecule has 0 bridgehead atoms. The number of nitrogens with zero attached hydrogens (tertiary/aromatic N) is 5. The first kappa shape index (κ1) is 19.0. The Morgan fingerprint density at radius 1 is 1.23 bits per heavy atom. The fourth-order valence-corrected chi connectivity index (χ4v) is 3.52. The van der Waals surface area contributed by atoms with Gasteiger partial charge in [-0.3, -0.25) is 4.79 Å². The summed E-state index contributed by atoms with van der Waals surface area (Å²) in [4.78, 5) is 28.7. The SMILES string of the molecule is COc1c(Nc2cc(NC(=O)C3CC3)nc3[nH]c(C)nc23)cccc1-n1ncnc1C. The second-order valence-corrected chi connectivity index (χ2v) is 7.54. The maximum Gasteiger partial charge on any atom is 0.228 e. The van der Waals surface area contributed by atoms with Crippen LogP contribution in [0.25, 0.3) is 16.9 Å². The van der Waals surface area contributed by atoms with Crippen LogP contribution < -0.4 is 15.4 Å². The molecule has 10 heteroatoms. The predicted octanol–water partition coefficient (Wildman–Crippen LogP) is 3.26. The molecule has 158 valence electrons. The number of fused-ring (bicyclic) bond motifs is 1. The zero-order valence-electron chi connectivity index (χ0n) is 17.4. The number of hydrogen-bond donors (Lipinski definition) is 3. The van der Waals surface area contributed by atoms with Crippen molar-refractivity contribution < 1.29 is 9.53 Å². The number of aromatic nitrogens is 6. The second kappa shape index (κ2) is 7.38. The number of rotatable bonds is 6. The summed E-state index contributed by atoms with van der Waals surface area (Å²) < 4.78 is 7.43. The number of anilines is 3. The fraction of sp³-hybridized carbons (Fsp3) is 0.286. The maximum absolute atomic E-state index is 12.3. The Morgan fingerprint density at radius 2 is 2.06 bits per heavy atom. The van der Waals surface area contributed by atoms with Crippen molar-refractivity contribution in [1.29, 1.82) is 0 Å². The van der Waals surface area contributed by atoms with Gasteiger partial charge >= 0.3 is 0 Å². The van der Waals surface area contributed by atoms with E-state index in [-0.39, 0.29) is 11.8 Å². The fourth-order valence-electron chi connectivity index (χ4n) is 3.52. The van der Waals surface area contributed by atoms with E-state index in [1.54, 1.807) is 17.9 Å². The molecule has 0 aliphatic heterocycles. The van der Waals surface area contributed by atoms with Gasteiger partial charge in [-0.15, -0.1) is 0 Å². The third kappa shape index (κ3) is 3.56. The summed E-state index contributed by atoms with van der Waals surface area (Å²) in [7, 11) is 1.61. The Bertz CT molecular complexity index is 1290.